The highest BCUT2D eigenvalue weighted by Crippen LogP contribution is 2.01. The number of aromatic nitrogens is 2. The second-order valence-electron chi connectivity index (χ2n) is 3.65. The van der Waals surface area contributed by atoms with Crippen molar-refractivity contribution in [2.45, 2.75) is 25.8 Å². The highest BCUT2D eigenvalue weighted by Gasteiger charge is 2.01. The fourth-order valence-corrected chi connectivity index (χ4v) is 1.57. The summed E-state index contributed by atoms with van der Waals surface area (Å²) in [6.07, 6.45) is 7.06. The van der Waals surface area contributed by atoms with Crippen LogP contribution in [0.25, 0.3) is 0 Å². The molecule has 0 radical (unpaired) electrons. The Labute approximate surface area is 96.5 Å². The van der Waals surface area contributed by atoms with Gasteiger partial charge in [0.15, 0.2) is 0 Å². The summed E-state index contributed by atoms with van der Waals surface area (Å²) < 4.78 is 0. The summed E-state index contributed by atoms with van der Waals surface area (Å²) in [5.74, 6) is 1.66. The number of alkyl halides is 1. The van der Waals surface area contributed by atoms with E-state index >= 15 is 0 Å². The summed E-state index contributed by atoms with van der Waals surface area (Å²) in [4.78, 5) is 10.6. The molecule has 1 aromatic rings. The molecule has 1 aromatic heterocycles. The summed E-state index contributed by atoms with van der Waals surface area (Å²) in [5.41, 5.74) is 0. The standard InChI is InChI=1S/C11H18ClN3/c1-15(9-4-2-3-6-12)10-11-13-7-5-8-14-11/h5,7-8H,2-4,6,9-10H2,1H3. The van der Waals surface area contributed by atoms with Gasteiger partial charge in [-0.2, -0.15) is 0 Å². The van der Waals surface area contributed by atoms with E-state index in [4.69, 9.17) is 11.6 Å². The summed E-state index contributed by atoms with van der Waals surface area (Å²) in [5, 5.41) is 0. The van der Waals surface area contributed by atoms with Crippen molar-refractivity contribution in [1.29, 1.82) is 0 Å². The predicted octanol–water partition coefficient (Wildman–Crippen LogP) is 2.32. The zero-order valence-electron chi connectivity index (χ0n) is 9.19. The van der Waals surface area contributed by atoms with Crippen molar-refractivity contribution in [2.24, 2.45) is 0 Å². The third kappa shape index (κ3) is 5.70. The maximum absolute atomic E-state index is 5.61. The minimum atomic E-state index is 0.769. The molecule has 0 unspecified atom stereocenters. The molecule has 0 N–H and O–H groups in total. The van der Waals surface area contributed by atoms with Crippen LogP contribution in [0.2, 0.25) is 0 Å². The number of hydrogen-bond donors (Lipinski definition) is 0. The second-order valence-corrected chi connectivity index (χ2v) is 4.03. The van der Waals surface area contributed by atoms with Gasteiger partial charge in [0.25, 0.3) is 0 Å². The zero-order valence-corrected chi connectivity index (χ0v) is 9.95. The Hall–Kier alpha value is -0.670. The van der Waals surface area contributed by atoms with Gasteiger partial charge in [0.1, 0.15) is 5.82 Å². The van der Waals surface area contributed by atoms with Gasteiger partial charge in [-0.25, -0.2) is 9.97 Å². The van der Waals surface area contributed by atoms with Crippen LogP contribution in [0.5, 0.6) is 0 Å². The molecule has 0 spiro atoms. The van der Waals surface area contributed by atoms with Gasteiger partial charge < -0.3 is 0 Å². The van der Waals surface area contributed by atoms with Crippen LogP contribution in [0.3, 0.4) is 0 Å². The maximum atomic E-state index is 5.61. The molecule has 4 heteroatoms. The normalized spacial score (nSPS) is 10.9. The first-order valence-electron chi connectivity index (χ1n) is 5.33. The molecule has 0 saturated heterocycles. The first-order valence-corrected chi connectivity index (χ1v) is 5.87. The summed E-state index contributed by atoms with van der Waals surface area (Å²) in [6.45, 7) is 1.90. The van der Waals surface area contributed by atoms with Gasteiger partial charge in [-0.05, 0) is 32.5 Å². The Morgan fingerprint density at radius 3 is 2.60 bits per heavy atom. The van der Waals surface area contributed by atoms with Crippen LogP contribution in [-0.2, 0) is 6.54 Å². The van der Waals surface area contributed by atoms with Gasteiger partial charge >= 0.3 is 0 Å². The SMILES string of the molecule is CN(CCCCCCl)Cc1ncccn1. The Morgan fingerprint density at radius 1 is 1.20 bits per heavy atom. The Bertz CT molecular complexity index is 253. The molecular weight excluding hydrogens is 210 g/mol. The van der Waals surface area contributed by atoms with Gasteiger partial charge in [0.2, 0.25) is 0 Å². The van der Waals surface area contributed by atoms with Crippen LogP contribution >= 0.6 is 11.6 Å². The van der Waals surface area contributed by atoms with E-state index < -0.39 is 0 Å². The molecule has 15 heavy (non-hydrogen) atoms. The summed E-state index contributed by atoms with van der Waals surface area (Å²) in [7, 11) is 2.09. The fraction of sp³-hybridized carbons (Fsp3) is 0.636. The monoisotopic (exact) mass is 227 g/mol. The van der Waals surface area contributed by atoms with E-state index in [1.165, 1.54) is 12.8 Å². The third-order valence-corrected chi connectivity index (χ3v) is 2.47. The number of hydrogen-bond acceptors (Lipinski definition) is 3. The predicted molar refractivity (Wildman–Crippen MR) is 62.9 cm³/mol. The lowest BCUT2D eigenvalue weighted by Crippen LogP contribution is -2.20. The van der Waals surface area contributed by atoms with Crippen molar-refractivity contribution in [1.82, 2.24) is 14.9 Å². The lowest BCUT2D eigenvalue weighted by Gasteiger charge is -2.14. The molecule has 0 amide bonds. The van der Waals surface area contributed by atoms with Crippen molar-refractivity contribution in [2.75, 3.05) is 19.5 Å². The van der Waals surface area contributed by atoms with Crippen LogP contribution in [0.4, 0.5) is 0 Å². The van der Waals surface area contributed by atoms with Crippen molar-refractivity contribution >= 4 is 11.6 Å². The molecule has 1 rings (SSSR count). The van der Waals surface area contributed by atoms with Crippen molar-refractivity contribution < 1.29 is 0 Å². The smallest absolute Gasteiger partial charge is 0.142 e. The quantitative estimate of drug-likeness (QED) is 0.529. The van der Waals surface area contributed by atoms with E-state index in [2.05, 4.69) is 21.9 Å². The topological polar surface area (TPSA) is 29.0 Å². The number of halogens is 1. The van der Waals surface area contributed by atoms with Crippen molar-refractivity contribution in [3.05, 3.63) is 24.3 Å². The Morgan fingerprint density at radius 2 is 1.93 bits per heavy atom. The number of unbranched alkanes of at least 4 members (excludes halogenated alkanes) is 2. The zero-order chi connectivity index (χ0) is 10.9. The Balaban J connectivity index is 2.16. The first-order chi connectivity index (χ1) is 7.33. The molecule has 1 heterocycles. The van der Waals surface area contributed by atoms with E-state index in [0.29, 0.717) is 0 Å². The molecule has 0 saturated carbocycles. The first kappa shape index (κ1) is 12.4. The minimum absolute atomic E-state index is 0.769. The Kier molecular flexibility index (Phi) is 6.28. The van der Waals surface area contributed by atoms with Gasteiger partial charge in [-0.1, -0.05) is 6.42 Å². The summed E-state index contributed by atoms with van der Waals surface area (Å²) in [6, 6.07) is 1.84. The van der Waals surface area contributed by atoms with Gasteiger partial charge in [-0.3, -0.25) is 4.90 Å². The highest BCUT2D eigenvalue weighted by molar-refractivity contribution is 6.17. The number of rotatable bonds is 7. The van der Waals surface area contributed by atoms with E-state index in [1.54, 1.807) is 12.4 Å². The molecule has 3 nitrogen and oxygen atoms in total. The lowest BCUT2D eigenvalue weighted by atomic mass is 10.2. The van der Waals surface area contributed by atoms with E-state index in [0.717, 1.165) is 31.2 Å². The molecular formula is C11H18ClN3. The fourth-order valence-electron chi connectivity index (χ4n) is 1.39. The van der Waals surface area contributed by atoms with Crippen LogP contribution in [0, 0.1) is 0 Å². The van der Waals surface area contributed by atoms with Crippen LogP contribution in [0.1, 0.15) is 25.1 Å². The minimum Gasteiger partial charge on any atom is -0.299 e. The van der Waals surface area contributed by atoms with Crippen molar-refractivity contribution in [3.63, 3.8) is 0 Å². The molecule has 0 fully saturated rings. The molecule has 0 aliphatic heterocycles. The van der Waals surface area contributed by atoms with Gasteiger partial charge in [-0.15, -0.1) is 11.6 Å². The number of nitrogens with zero attached hydrogens (tertiary/aromatic N) is 3. The maximum Gasteiger partial charge on any atom is 0.142 e. The third-order valence-electron chi connectivity index (χ3n) is 2.20. The average Bonchev–Trinajstić information content (AvgIpc) is 2.26. The molecule has 0 atom stereocenters. The average molecular weight is 228 g/mol. The molecule has 0 aliphatic carbocycles. The largest absolute Gasteiger partial charge is 0.299 e. The van der Waals surface area contributed by atoms with Crippen LogP contribution in [-0.4, -0.2) is 34.3 Å². The van der Waals surface area contributed by atoms with Gasteiger partial charge in [0, 0.05) is 18.3 Å². The summed E-state index contributed by atoms with van der Waals surface area (Å²) >= 11 is 5.61. The van der Waals surface area contributed by atoms with E-state index in [9.17, 15) is 0 Å². The van der Waals surface area contributed by atoms with E-state index in [1.807, 2.05) is 6.07 Å². The molecule has 84 valence electrons. The van der Waals surface area contributed by atoms with Crippen LogP contribution < -0.4 is 0 Å². The van der Waals surface area contributed by atoms with E-state index in [-0.39, 0.29) is 0 Å². The lowest BCUT2D eigenvalue weighted by molar-refractivity contribution is 0.310. The highest BCUT2D eigenvalue weighted by atomic mass is 35.5. The van der Waals surface area contributed by atoms with Crippen molar-refractivity contribution in [3.8, 4) is 0 Å². The van der Waals surface area contributed by atoms with Crippen LogP contribution in [0.15, 0.2) is 18.5 Å². The van der Waals surface area contributed by atoms with Gasteiger partial charge in [0.05, 0.1) is 6.54 Å². The molecule has 0 aliphatic rings. The molecule has 0 bridgehead atoms. The molecule has 0 aromatic carbocycles. The second kappa shape index (κ2) is 7.60.